The molecule has 0 radical (unpaired) electrons. The molecular weight excluding hydrogens is 428 g/mol. The molecule has 8 heteroatoms. The number of nitrogens with one attached hydrogen (secondary N) is 1. The number of benzene rings is 2. The van der Waals surface area contributed by atoms with E-state index in [-0.39, 0.29) is 24.4 Å². The molecule has 2 aromatic carbocycles. The zero-order valence-electron chi connectivity index (χ0n) is 18.5. The third kappa shape index (κ3) is 4.60. The normalized spacial score (nSPS) is 21.2. The van der Waals surface area contributed by atoms with Crippen LogP contribution in [0.2, 0.25) is 0 Å². The van der Waals surface area contributed by atoms with Gasteiger partial charge in [0.1, 0.15) is 29.3 Å². The zero-order chi connectivity index (χ0) is 23.5. The Labute approximate surface area is 191 Å². The number of likely N-dealkylation sites (tertiary alicyclic amines) is 2. The van der Waals surface area contributed by atoms with Gasteiger partial charge in [-0.15, -0.1) is 0 Å². The molecule has 6 nitrogen and oxygen atoms in total. The number of hydrogen-bond donors (Lipinski definition) is 1. The van der Waals surface area contributed by atoms with Crippen LogP contribution < -0.4 is 5.32 Å². The predicted molar refractivity (Wildman–Crippen MR) is 118 cm³/mol. The summed E-state index contributed by atoms with van der Waals surface area (Å²) in [5.41, 5.74) is 0.311. The van der Waals surface area contributed by atoms with E-state index in [0.717, 1.165) is 17.7 Å². The molecule has 33 heavy (non-hydrogen) atoms. The molecular formula is C25H27F2N3O3. The van der Waals surface area contributed by atoms with E-state index in [2.05, 4.69) is 5.32 Å². The van der Waals surface area contributed by atoms with Crippen LogP contribution in [0.4, 0.5) is 8.78 Å². The van der Waals surface area contributed by atoms with Crippen LogP contribution >= 0.6 is 0 Å². The van der Waals surface area contributed by atoms with Crippen LogP contribution in [0.5, 0.6) is 0 Å². The highest BCUT2D eigenvalue weighted by atomic mass is 19.1. The van der Waals surface area contributed by atoms with Gasteiger partial charge in [0, 0.05) is 13.1 Å². The van der Waals surface area contributed by atoms with Crippen molar-refractivity contribution < 1.29 is 23.2 Å². The first kappa shape index (κ1) is 22.9. The van der Waals surface area contributed by atoms with Crippen LogP contribution in [0.15, 0.2) is 48.5 Å². The smallest absolute Gasteiger partial charge is 0.260 e. The minimum absolute atomic E-state index is 0.218. The van der Waals surface area contributed by atoms with Crippen molar-refractivity contribution >= 4 is 17.7 Å². The Kier molecular flexibility index (Phi) is 6.72. The second-order valence-corrected chi connectivity index (χ2v) is 8.58. The number of halogens is 2. The van der Waals surface area contributed by atoms with Crippen LogP contribution in [0.3, 0.4) is 0 Å². The van der Waals surface area contributed by atoms with E-state index < -0.39 is 35.2 Å². The summed E-state index contributed by atoms with van der Waals surface area (Å²) in [5.74, 6) is -3.33. The summed E-state index contributed by atoms with van der Waals surface area (Å²) in [6.45, 7) is 2.52. The highest BCUT2D eigenvalue weighted by Gasteiger charge is 2.43. The summed E-state index contributed by atoms with van der Waals surface area (Å²) in [5, 5.41) is 2.98. The summed E-state index contributed by atoms with van der Waals surface area (Å²) in [7, 11) is 0. The number of nitrogens with zero attached hydrogens (tertiary/aromatic N) is 2. The van der Waals surface area contributed by atoms with E-state index >= 15 is 0 Å². The molecule has 2 aromatic rings. The summed E-state index contributed by atoms with van der Waals surface area (Å²) in [6.07, 6.45) is 2.15. The molecule has 0 unspecified atom stereocenters. The molecule has 2 aliphatic heterocycles. The molecule has 0 aliphatic carbocycles. The Morgan fingerprint density at radius 2 is 1.48 bits per heavy atom. The fourth-order valence-electron chi connectivity index (χ4n) is 4.74. The third-order valence-corrected chi connectivity index (χ3v) is 6.47. The Balaban J connectivity index is 1.48. The number of hydrogen-bond acceptors (Lipinski definition) is 3. The van der Waals surface area contributed by atoms with E-state index in [4.69, 9.17) is 0 Å². The van der Waals surface area contributed by atoms with Crippen LogP contribution in [-0.2, 0) is 9.59 Å². The van der Waals surface area contributed by atoms with Crippen molar-refractivity contribution in [2.75, 3.05) is 13.1 Å². The van der Waals surface area contributed by atoms with Crippen LogP contribution in [-0.4, -0.2) is 52.7 Å². The highest BCUT2D eigenvalue weighted by Crippen LogP contribution is 2.28. The minimum Gasteiger partial charge on any atom is -0.348 e. The Morgan fingerprint density at radius 1 is 0.879 bits per heavy atom. The summed E-state index contributed by atoms with van der Waals surface area (Å²) >= 11 is 0. The first-order chi connectivity index (χ1) is 15.9. The van der Waals surface area contributed by atoms with Gasteiger partial charge in [-0.25, -0.2) is 8.78 Å². The van der Waals surface area contributed by atoms with E-state index in [1.165, 1.54) is 15.9 Å². The molecule has 2 aliphatic rings. The fraction of sp³-hybridized carbons (Fsp3) is 0.400. The second kappa shape index (κ2) is 9.68. The molecule has 1 N–H and O–H groups in total. The topological polar surface area (TPSA) is 69.7 Å². The van der Waals surface area contributed by atoms with E-state index in [0.29, 0.717) is 32.2 Å². The quantitative estimate of drug-likeness (QED) is 0.751. The molecule has 0 spiro atoms. The Hall–Kier alpha value is -3.29. The SMILES string of the molecule is C[C@H](NC(=O)[C@@H]1CCCN1C(=O)[C@@H]1CCCN1C(=O)c1c(F)cccc1F)c1ccccc1. The number of amides is 3. The van der Waals surface area contributed by atoms with Gasteiger partial charge in [0.2, 0.25) is 11.8 Å². The van der Waals surface area contributed by atoms with Crippen molar-refractivity contribution in [3.8, 4) is 0 Å². The van der Waals surface area contributed by atoms with Gasteiger partial charge >= 0.3 is 0 Å². The van der Waals surface area contributed by atoms with Crippen molar-refractivity contribution in [2.24, 2.45) is 0 Å². The van der Waals surface area contributed by atoms with Gasteiger partial charge in [0.05, 0.1) is 6.04 Å². The lowest BCUT2D eigenvalue weighted by molar-refractivity contribution is -0.141. The van der Waals surface area contributed by atoms with Crippen LogP contribution in [0, 0.1) is 11.6 Å². The average molecular weight is 456 g/mol. The number of carbonyl (C=O) groups excluding carboxylic acids is 3. The summed E-state index contributed by atoms with van der Waals surface area (Å²) < 4.78 is 28.4. The van der Waals surface area contributed by atoms with Crippen molar-refractivity contribution in [3.63, 3.8) is 0 Å². The van der Waals surface area contributed by atoms with E-state index in [1.807, 2.05) is 37.3 Å². The zero-order valence-corrected chi connectivity index (χ0v) is 18.5. The lowest BCUT2D eigenvalue weighted by Gasteiger charge is -2.31. The number of carbonyl (C=O) groups is 3. The fourth-order valence-corrected chi connectivity index (χ4v) is 4.74. The van der Waals surface area contributed by atoms with E-state index in [9.17, 15) is 23.2 Å². The molecule has 0 saturated carbocycles. The first-order valence-corrected chi connectivity index (χ1v) is 11.3. The van der Waals surface area contributed by atoms with Gasteiger partial charge in [-0.3, -0.25) is 14.4 Å². The van der Waals surface area contributed by atoms with Gasteiger partial charge in [-0.2, -0.15) is 0 Å². The second-order valence-electron chi connectivity index (χ2n) is 8.58. The molecule has 0 aromatic heterocycles. The average Bonchev–Trinajstić information content (AvgIpc) is 3.49. The lowest BCUT2D eigenvalue weighted by Crippen LogP contribution is -2.53. The molecule has 2 heterocycles. The summed E-state index contributed by atoms with van der Waals surface area (Å²) in [4.78, 5) is 42.1. The maximum atomic E-state index is 14.2. The predicted octanol–water partition coefficient (Wildman–Crippen LogP) is 3.44. The van der Waals surface area contributed by atoms with Crippen LogP contribution in [0.25, 0.3) is 0 Å². The van der Waals surface area contributed by atoms with Crippen molar-refractivity contribution in [3.05, 3.63) is 71.3 Å². The Bertz CT molecular complexity index is 1030. The molecule has 174 valence electrons. The molecule has 3 atom stereocenters. The van der Waals surface area contributed by atoms with Gasteiger partial charge in [0.25, 0.3) is 5.91 Å². The summed E-state index contributed by atoms with van der Waals surface area (Å²) in [6, 6.07) is 11.1. The molecule has 0 bridgehead atoms. The standard InChI is InChI=1S/C25H27F2N3O3/c1-16(17-8-3-2-4-9-17)28-23(31)20-12-6-14-29(20)24(32)21-13-7-15-30(21)25(33)22-18(26)10-5-11-19(22)27/h2-5,8-11,16,20-21H,6-7,12-15H2,1H3,(H,28,31)/t16-,20-,21-/m0/s1. The van der Waals surface area contributed by atoms with Crippen molar-refractivity contribution in [1.82, 2.24) is 15.1 Å². The van der Waals surface area contributed by atoms with Crippen LogP contribution in [0.1, 0.15) is 54.6 Å². The monoisotopic (exact) mass is 455 g/mol. The maximum absolute atomic E-state index is 14.2. The van der Waals surface area contributed by atoms with Gasteiger partial charge in [-0.05, 0) is 50.3 Å². The molecule has 2 saturated heterocycles. The first-order valence-electron chi connectivity index (χ1n) is 11.3. The number of rotatable bonds is 5. The van der Waals surface area contributed by atoms with Crippen molar-refractivity contribution in [2.45, 2.75) is 50.7 Å². The third-order valence-electron chi connectivity index (χ3n) is 6.47. The van der Waals surface area contributed by atoms with Gasteiger partial charge < -0.3 is 15.1 Å². The lowest BCUT2D eigenvalue weighted by atomic mass is 10.1. The highest BCUT2D eigenvalue weighted by molar-refractivity contribution is 5.99. The van der Waals surface area contributed by atoms with Gasteiger partial charge in [0.15, 0.2) is 0 Å². The largest absolute Gasteiger partial charge is 0.348 e. The molecule has 3 amide bonds. The molecule has 2 fully saturated rings. The Morgan fingerprint density at radius 3 is 2.15 bits per heavy atom. The molecule has 4 rings (SSSR count). The van der Waals surface area contributed by atoms with Crippen molar-refractivity contribution in [1.29, 1.82) is 0 Å². The van der Waals surface area contributed by atoms with E-state index in [1.54, 1.807) is 0 Å². The van der Waals surface area contributed by atoms with Gasteiger partial charge in [-0.1, -0.05) is 36.4 Å². The maximum Gasteiger partial charge on any atom is 0.260 e. The minimum atomic E-state index is -0.952.